The van der Waals surface area contributed by atoms with Gasteiger partial charge in [0, 0.05) is 32.4 Å². The monoisotopic (exact) mass is 462 g/mol. The minimum Gasteiger partial charge on any atom is -0.388 e. The van der Waals surface area contributed by atoms with Gasteiger partial charge in [-0.15, -0.1) is 6.58 Å². The molecule has 4 rings (SSSR count). The number of piperazine rings is 1. The van der Waals surface area contributed by atoms with Crippen molar-refractivity contribution >= 4 is 23.5 Å². The van der Waals surface area contributed by atoms with Crippen LogP contribution < -0.4 is 10.6 Å². The first-order valence-corrected chi connectivity index (χ1v) is 11.3. The van der Waals surface area contributed by atoms with Crippen LogP contribution in [0.2, 0.25) is 0 Å². The van der Waals surface area contributed by atoms with E-state index in [0.717, 1.165) is 16.8 Å². The van der Waals surface area contributed by atoms with E-state index in [4.69, 9.17) is 0 Å². The maximum Gasteiger partial charge on any atom is 0.334 e. The second-order valence-electron chi connectivity index (χ2n) is 8.35. The molecular weight excluding hydrogens is 432 g/mol. The van der Waals surface area contributed by atoms with Gasteiger partial charge in [-0.2, -0.15) is 0 Å². The Labute approximate surface area is 199 Å². The molecular formula is C25H30N6O3. The fourth-order valence-corrected chi connectivity index (χ4v) is 4.34. The van der Waals surface area contributed by atoms with Crippen LogP contribution in [0, 0.1) is 0 Å². The van der Waals surface area contributed by atoms with Crippen LogP contribution in [0.4, 0.5) is 10.5 Å². The summed E-state index contributed by atoms with van der Waals surface area (Å²) in [5, 5.41) is 9.31. The molecule has 2 saturated heterocycles. The number of anilines is 1. The molecule has 34 heavy (non-hydrogen) atoms. The molecule has 2 aliphatic rings. The summed E-state index contributed by atoms with van der Waals surface area (Å²) in [6, 6.07) is 17.1. The number of benzene rings is 2. The Balaban J connectivity index is 1.55. The summed E-state index contributed by atoms with van der Waals surface area (Å²) in [6.45, 7) is 5.05. The highest BCUT2D eigenvalue weighted by atomic mass is 16.2. The average molecular weight is 463 g/mol. The number of carbonyl (C=O) groups is 3. The highest BCUT2D eigenvalue weighted by molar-refractivity contribution is 5.89. The molecule has 9 nitrogen and oxygen atoms in total. The van der Waals surface area contributed by atoms with E-state index < -0.39 is 6.17 Å². The molecule has 2 aromatic rings. The molecule has 2 N–H and O–H groups in total. The van der Waals surface area contributed by atoms with Gasteiger partial charge in [-0.3, -0.25) is 9.59 Å². The summed E-state index contributed by atoms with van der Waals surface area (Å²) in [6.07, 6.45) is 1.07. The van der Waals surface area contributed by atoms with E-state index in [2.05, 4.69) is 17.2 Å². The zero-order valence-corrected chi connectivity index (χ0v) is 19.3. The van der Waals surface area contributed by atoms with Gasteiger partial charge in [0.25, 0.3) is 0 Å². The van der Waals surface area contributed by atoms with Crippen molar-refractivity contribution in [2.75, 3.05) is 38.5 Å². The third-order valence-corrected chi connectivity index (χ3v) is 6.05. The minimum absolute atomic E-state index is 0.0127. The van der Waals surface area contributed by atoms with Crippen LogP contribution >= 0.6 is 0 Å². The van der Waals surface area contributed by atoms with Crippen LogP contribution in [0.1, 0.15) is 11.1 Å². The molecule has 0 saturated carbocycles. The lowest BCUT2D eigenvalue weighted by Crippen LogP contribution is -2.73. The van der Waals surface area contributed by atoms with Gasteiger partial charge in [-0.05, 0) is 23.3 Å². The molecule has 2 fully saturated rings. The molecule has 178 valence electrons. The Bertz CT molecular complexity index is 1060. The van der Waals surface area contributed by atoms with Crippen LogP contribution in [-0.4, -0.2) is 77.1 Å². The van der Waals surface area contributed by atoms with E-state index >= 15 is 0 Å². The number of nitrogens with one attached hydrogen (secondary N) is 2. The van der Waals surface area contributed by atoms with E-state index in [1.807, 2.05) is 61.6 Å². The standard InChI is InChI=1S/C25H30N6O3/c1-3-12-29-17-24(33)30-18-23(32)28(15-20-10-7-11-21(13-20)26-2)16-22(30)31(29)25(34)27-14-19-8-5-4-6-9-19/h3-11,13,22,26H,1,12,14-18H2,2H3,(H,27,34). The van der Waals surface area contributed by atoms with Crippen LogP contribution in [0.15, 0.2) is 67.3 Å². The van der Waals surface area contributed by atoms with Gasteiger partial charge >= 0.3 is 6.03 Å². The van der Waals surface area contributed by atoms with Crippen LogP contribution in [0.5, 0.6) is 0 Å². The van der Waals surface area contributed by atoms with Gasteiger partial charge in [0.15, 0.2) is 0 Å². The molecule has 4 amide bonds. The average Bonchev–Trinajstić information content (AvgIpc) is 2.85. The highest BCUT2D eigenvalue weighted by Crippen LogP contribution is 2.24. The Morgan fingerprint density at radius 3 is 2.56 bits per heavy atom. The zero-order chi connectivity index (χ0) is 24.1. The zero-order valence-electron chi connectivity index (χ0n) is 19.3. The third-order valence-electron chi connectivity index (χ3n) is 6.05. The molecule has 2 heterocycles. The quantitative estimate of drug-likeness (QED) is 0.614. The first kappa shape index (κ1) is 23.3. The van der Waals surface area contributed by atoms with Crippen molar-refractivity contribution in [3.63, 3.8) is 0 Å². The molecule has 9 heteroatoms. The van der Waals surface area contributed by atoms with E-state index in [1.54, 1.807) is 21.0 Å². The first-order valence-electron chi connectivity index (χ1n) is 11.3. The predicted octanol–water partition coefficient (Wildman–Crippen LogP) is 1.85. The van der Waals surface area contributed by atoms with Gasteiger partial charge in [0.1, 0.15) is 12.7 Å². The Morgan fingerprint density at radius 2 is 1.82 bits per heavy atom. The van der Waals surface area contributed by atoms with Crippen LogP contribution in [0.25, 0.3) is 0 Å². The van der Waals surface area contributed by atoms with Crippen molar-refractivity contribution in [3.8, 4) is 0 Å². The van der Waals surface area contributed by atoms with Gasteiger partial charge in [-0.25, -0.2) is 14.8 Å². The summed E-state index contributed by atoms with van der Waals surface area (Å²) in [7, 11) is 1.84. The lowest BCUT2D eigenvalue weighted by molar-refractivity contribution is -0.180. The van der Waals surface area contributed by atoms with E-state index in [0.29, 0.717) is 19.6 Å². The molecule has 0 spiro atoms. The summed E-state index contributed by atoms with van der Waals surface area (Å²) < 4.78 is 0. The first-order chi connectivity index (χ1) is 16.5. The minimum atomic E-state index is -0.595. The van der Waals surface area contributed by atoms with Gasteiger partial charge < -0.3 is 20.4 Å². The SMILES string of the molecule is C=CCN1CC(=O)N2CC(=O)N(Cc3cccc(NC)c3)CC2N1C(=O)NCc1ccccc1. The second kappa shape index (κ2) is 10.4. The summed E-state index contributed by atoms with van der Waals surface area (Å²) in [5.41, 5.74) is 2.90. The van der Waals surface area contributed by atoms with E-state index in [1.165, 1.54) is 4.90 Å². The van der Waals surface area contributed by atoms with E-state index in [-0.39, 0.29) is 37.5 Å². The van der Waals surface area contributed by atoms with Crippen molar-refractivity contribution in [2.24, 2.45) is 0 Å². The Hall–Kier alpha value is -3.85. The molecule has 1 atom stereocenters. The Kier molecular flexibility index (Phi) is 7.12. The fourth-order valence-electron chi connectivity index (χ4n) is 4.34. The smallest absolute Gasteiger partial charge is 0.334 e. The van der Waals surface area contributed by atoms with Crippen molar-refractivity contribution < 1.29 is 14.4 Å². The lowest BCUT2D eigenvalue weighted by Gasteiger charge is -2.52. The number of urea groups is 1. The second-order valence-corrected chi connectivity index (χ2v) is 8.35. The van der Waals surface area contributed by atoms with Crippen molar-refractivity contribution in [1.29, 1.82) is 0 Å². The van der Waals surface area contributed by atoms with Crippen LogP contribution in [-0.2, 0) is 22.7 Å². The lowest BCUT2D eigenvalue weighted by atomic mass is 10.1. The number of fused-ring (bicyclic) bond motifs is 1. The number of hydrogen-bond donors (Lipinski definition) is 2. The molecule has 2 aliphatic heterocycles. The van der Waals surface area contributed by atoms with Crippen molar-refractivity contribution in [2.45, 2.75) is 19.3 Å². The largest absolute Gasteiger partial charge is 0.388 e. The van der Waals surface area contributed by atoms with E-state index in [9.17, 15) is 14.4 Å². The molecule has 0 bridgehead atoms. The van der Waals surface area contributed by atoms with Crippen LogP contribution in [0.3, 0.4) is 0 Å². The van der Waals surface area contributed by atoms with Gasteiger partial charge in [0.2, 0.25) is 11.8 Å². The van der Waals surface area contributed by atoms with Crippen molar-refractivity contribution in [1.82, 2.24) is 25.1 Å². The van der Waals surface area contributed by atoms with Gasteiger partial charge in [0.05, 0.1) is 13.1 Å². The topological polar surface area (TPSA) is 88.2 Å². The Morgan fingerprint density at radius 1 is 1.06 bits per heavy atom. The maximum absolute atomic E-state index is 13.3. The van der Waals surface area contributed by atoms with Gasteiger partial charge in [-0.1, -0.05) is 48.5 Å². The normalized spacial score (nSPS) is 18.5. The number of hydrazine groups is 1. The number of rotatable bonds is 7. The molecule has 0 aliphatic carbocycles. The molecule has 0 aromatic heterocycles. The predicted molar refractivity (Wildman–Crippen MR) is 129 cm³/mol. The summed E-state index contributed by atoms with van der Waals surface area (Å²) in [4.78, 5) is 42.3. The number of amides is 4. The molecule has 1 unspecified atom stereocenters. The maximum atomic E-state index is 13.3. The summed E-state index contributed by atoms with van der Waals surface area (Å²) >= 11 is 0. The van der Waals surface area contributed by atoms with Crippen molar-refractivity contribution in [3.05, 3.63) is 78.4 Å². The summed E-state index contributed by atoms with van der Waals surface area (Å²) in [5.74, 6) is -0.314. The third kappa shape index (κ3) is 5.04. The number of carbonyl (C=O) groups excluding carboxylic acids is 3. The highest BCUT2D eigenvalue weighted by Gasteiger charge is 2.46. The fraction of sp³-hybridized carbons (Fsp3) is 0.320. The number of nitrogens with zero attached hydrogens (tertiary/aromatic N) is 4. The molecule has 2 aromatic carbocycles. The number of hydrogen-bond acceptors (Lipinski definition) is 5. The molecule has 0 radical (unpaired) electrons.